The molecule has 0 spiro atoms. The maximum atomic E-state index is 12.5. The molecule has 0 radical (unpaired) electrons. The van der Waals surface area contributed by atoms with Crippen LogP contribution in [0.3, 0.4) is 0 Å². The lowest BCUT2D eigenvalue weighted by molar-refractivity contribution is -0.144. The number of thiazole rings is 1. The van der Waals surface area contributed by atoms with Gasteiger partial charge in [-0.05, 0) is 12.8 Å². The molecule has 3 heterocycles. The predicted octanol–water partition coefficient (Wildman–Crippen LogP) is 2.43. The highest BCUT2D eigenvalue weighted by Gasteiger charge is 2.36. The van der Waals surface area contributed by atoms with E-state index in [0.29, 0.717) is 31.6 Å². The van der Waals surface area contributed by atoms with Gasteiger partial charge in [-0.3, -0.25) is 14.7 Å². The highest BCUT2D eigenvalue weighted by Crippen LogP contribution is 2.30. The van der Waals surface area contributed by atoms with Gasteiger partial charge in [-0.1, -0.05) is 0 Å². The van der Waals surface area contributed by atoms with Crippen molar-refractivity contribution in [1.29, 1.82) is 0 Å². The van der Waals surface area contributed by atoms with E-state index in [2.05, 4.69) is 20.2 Å². The molecule has 1 aliphatic heterocycles. The molecule has 2 aromatic rings. The second kappa shape index (κ2) is 7.14. The molecule has 1 amide bonds. The van der Waals surface area contributed by atoms with E-state index in [1.165, 1.54) is 18.3 Å². The first-order valence-electron chi connectivity index (χ1n) is 7.96. The Morgan fingerprint density at radius 2 is 2.00 bits per heavy atom. The Labute approximate surface area is 150 Å². The third-order valence-corrected chi connectivity index (χ3v) is 5.19. The van der Waals surface area contributed by atoms with E-state index >= 15 is 0 Å². The van der Waals surface area contributed by atoms with Crippen LogP contribution in [0.15, 0.2) is 5.38 Å². The third-order valence-electron chi connectivity index (χ3n) is 4.18. The molecule has 0 bridgehead atoms. The Hall–Kier alpha value is -2.30. The number of likely N-dealkylation sites (tertiary alicyclic amines) is 1. The molecule has 0 aliphatic carbocycles. The zero-order valence-electron chi connectivity index (χ0n) is 13.8. The van der Waals surface area contributed by atoms with Crippen LogP contribution in [-0.2, 0) is 17.4 Å². The Bertz CT molecular complexity index is 808. The minimum Gasteiger partial charge on any atom is -0.342 e. The van der Waals surface area contributed by atoms with Gasteiger partial charge >= 0.3 is 6.18 Å². The Balaban J connectivity index is 1.55. The van der Waals surface area contributed by atoms with Crippen molar-refractivity contribution in [2.24, 2.45) is 0 Å². The van der Waals surface area contributed by atoms with Gasteiger partial charge in [-0.25, -0.2) is 9.97 Å². The van der Waals surface area contributed by atoms with Crippen LogP contribution in [0.4, 0.5) is 13.2 Å². The highest BCUT2D eigenvalue weighted by molar-refractivity contribution is 7.09. The van der Waals surface area contributed by atoms with Crippen LogP contribution in [-0.4, -0.2) is 49.8 Å². The van der Waals surface area contributed by atoms with E-state index in [4.69, 9.17) is 0 Å². The summed E-state index contributed by atoms with van der Waals surface area (Å²) < 4.78 is 37.4. The van der Waals surface area contributed by atoms with E-state index in [9.17, 15) is 22.8 Å². The second-order valence-electron chi connectivity index (χ2n) is 6.06. The number of amides is 1. The van der Waals surface area contributed by atoms with E-state index in [0.717, 1.165) is 5.01 Å². The number of piperidine rings is 1. The quantitative estimate of drug-likeness (QED) is 0.814. The molecule has 3 rings (SSSR count). The van der Waals surface area contributed by atoms with Crippen LogP contribution in [0.2, 0.25) is 0 Å². The van der Waals surface area contributed by atoms with Crippen LogP contribution >= 0.6 is 11.3 Å². The van der Waals surface area contributed by atoms with Gasteiger partial charge in [0.25, 0.3) is 5.82 Å². The topological polar surface area (TPSA) is 91.8 Å². The number of nitrogens with one attached hydrogen (secondary N) is 1. The molecule has 1 saturated heterocycles. The summed E-state index contributed by atoms with van der Waals surface area (Å²) in [7, 11) is 0. The molecular formula is C15H16F3N5O2S. The molecule has 0 unspecified atom stereocenters. The summed E-state index contributed by atoms with van der Waals surface area (Å²) in [6, 6.07) is 0. The summed E-state index contributed by atoms with van der Waals surface area (Å²) in [5, 5.41) is 7.86. The number of halogens is 3. The monoisotopic (exact) mass is 387 g/mol. The normalized spacial score (nSPS) is 16.1. The number of carbonyl (C=O) groups excluding carboxylic acids is 2. The Kier molecular flexibility index (Phi) is 5.08. The van der Waals surface area contributed by atoms with Gasteiger partial charge in [0.15, 0.2) is 5.78 Å². The van der Waals surface area contributed by atoms with Crippen LogP contribution < -0.4 is 0 Å². The molecule has 0 atom stereocenters. The van der Waals surface area contributed by atoms with Gasteiger partial charge in [0.1, 0.15) is 11.5 Å². The first-order valence-corrected chi connectivity index (χ1v) is 8.84. The summed E-state index contributed by atoms with van der Waals surface area (Å²) in [5.41, 5.74) is 0.453. The van der Waals surface area contributed by atoms with E-state index in [1.54, 1.807) is 10.3 Å². The highest BCUT2D eigenvalue weighted by atomic mass is 32.1. The number of rotatable bonds is 4. The van der Waals surface area contributed by atoms with Gasteiger partial charge in [0.2, 0.25) is 5.91 Å². The fraction of sp³-hybridized carbons (Fsp3) is 0.533. The van der Waals surface area contributed by atoms with Gasteiger partial charge in [-0.2, -0.15) is 13.2 Å². The van der Waals surface area contributed by atoms with Crippen molar-refractivity contribution in [3.63, 3.8) is 0 Å². The first-order chi connectivity index (χ1) is 12.2. The van der Waals surface area contributed by atoms with Crippen molar-refractivity contribution in [3.8, 4) is 0 Å². The maximum absolute atomic E-state index is 12.5. The number of aromatic nitrogens is 4. The minimum atomic E-state index is -4.64. The largest absolute Gasteiger partial charge is 0.453 e. The average Bonchev–Trinajstić information content (AvgIpc) is 3.24. The molecule has 26 heavy (non-hydrogen) atoms. The van der Waals surface area contributed by atoms with Crippen molar-refractivity contribution >= 4 is 23.0 Å². The predicted molar refractivity (Wildman–Crippen MR) is 85.8 cm³/mol. The molecule has 1 N–H and O–H groups in total. The summed E-state index contributed by atoms with van der Waals surface area (Å²) in [6.45, 7) is 2.44. The van der Waals surface area contributed by atoms with Crippen LogP contribution in [0.1, 0.15) is 52.8 Å². The number of H-pyrrole nitrogens is 1. The van der Waals surface area contributed by atoms with Gasteiger partial charge in [0, 0.05) is 31.3 Å². The van der Waals surface area contributed by atoms with Crippen molar-refractivity contribution < 1.29 is 22.8 Å². The van der Waals surface area contributed by atoms with Crippen molar-refractivity contribution in [2.45, 2.75) is 38.3 Å². The number of hydrogen-bond donors (Lipinski definition) is 1. The lowest BCUT2D eigenvalue weighted by Crippen LogP contribution is -2.39. The number of aromatic amines is 1. The molecule has 1 fully saturated rings. The molecular weight excluding hydrogens is 371 g/mol. The fourth-order valence-electron chi connectivity index (χ4n) is 2.77. The Morgan fingerprint density at radius 3 is 2.54 bits per heavy atom. The lowest BCUT2D eigenvalue weighted by atomic mass is 9.97. The van der Waals surface area contributed by atoms with E-state index in [-0.39, 0.29) is 29.9 Å². The summed E-state index contributed by atoms with van der Waals surface area (Å²) >= 11 is 1.44. The van der Waals surface area contributed by atoms with Gasteiger partial charge in [0.05, 0.1) is 11.4 Å². The van der Waals surface area contributed by atoms with Crippen molar-refractivity contribution in [2.75, 3.05) is 13.1 Å². The molecule has 2 aromatic heterocycles. The lowest BCUT2D eigenvalue weighted by Gasteiger charge is -2.31. The molecule has 1 aliphatic rings. The average molecular weight is 387 g/mol. The smallest absolute Gasteiger partial charge is 0.342 e. The van der Waals surface area contributed by atoms with Crippen LogP contribution in [0, 0.1) is 0 Å². The maximum Gasteiger partial charge on any atom is 0.453 e. The molecule has 11 heteroatoms. The molecule has 0 aromatic carbocycles. The minimum absolute atomic E-state index is 0.0783. The first kappa shape index (κ1) is 18.5. The van der Waals surface area contributed by atoms with E-state index in [1.807, 2.05) is 0 Å². The molecule has 7 nitrogen and oxygen atoms in total. The number of carbonyl (C=O) groups is 2. The van der Waals surface area contributed by atoms with Gasteiger partial charge in [-0.15, -0.1) is 16.4 Å². The number of nitrogens with zero attached hydrogens (tertiary/aromatic N) is 4. The fourth-order valence-corrected chi connectivity index (χ4v) is 3.80. The molecule has 140 valence electrons. The third kappa shape index (κ3) is 4.09. The van der Waals surface area contributed by atoms with E-state index < -0.39 is 12.0 Å². The van der Waals surface area contributed by atoms with Crippen LogP contribution in [0.5, 0.6) is 0 Å². The Morgan fingerprint density at radius 1 is 1.31 bits per heavy atom. The molecule has 0 saturated carbocycles. The number of alkyl halides is 3. The van der Waals surface area contributed by atoms with Crippen molar-refractivity contribution in [1.82, 2.24) is 25.1 Å². The summed E-state index contributed by atoms with van der Waals surface area (Å²) in [4.78, 5) is 32.8. The zero-order valence-corrected chi connectivity index (χ0v) is 14.7. The number of Topliss-reactive ketones (excluding diaryl/α,β-unsaturated/α-hetero) is 1. The van der Waals surface area contributed by atoms with Crippen molar-refractivity contribution in [3.05, 3.63) is 27.7 Å². The SMILES string of the molecule is CC(=O)c1csc(C2CCN(C(=O)Cc3nc(C(F)(F)F)n[nH]3)CC2)n1. The standard InChI is InChI=1S/C15H16F3N5O2S/c1-8(24)10-7-26-13(19-10)9-2-4-23(5-3-9)12(25)6-11-20-14(22-21-11)15(16,17)18/h7,9H,2-6H2,1H3,(H,20,21,22). The summed E-state index contributed by atoms with van der Waals surface area (Å²) in [5.74, 6) is -1.57. The summed E-state index contributed by atoms with van der Waals surface area (Å²) in [6.07, 6.45) is -3.50. The second-order valence-corrected chi connectivity index (χ2v) is 6.95. The number of hydrogen-bond acceptors (Lipinski definition) is 6. The van der Waals surface area contributed by atoms with Crippen LogP contribution in [0.25, 0.3) is 0 Å². The zero-order chi connectivity index (χ0) is 18.9. The van der Waals surface area contributed by atoms with Gasteiger partial charge < -0.3 is 4.90 Å². The number of ketones is 1.